The normalized spacial score (nSPS) is 11.3. The molecule has 2 heteroatoms. The Labute approximate surface area is 195 Å². The largest absolute Gasteiger partial charge is 0.256 e. The summed E-state index contributed by atoms with van der Waals surface area (Å²) in [6.45, 7) is 0. The maximum absolute atomic E-state index is 4.88. The van der Waals surface area contributed by atoms with Gasteiger partial charge in [-0.25, -0.2) is 0 Å². The minimum Gasteiger partial charge on any atom is -0.256 e. The molecule has 1 heterocycles. The van der Waals surface area contributed by atoms with Gasteiger partial charge in [0.15, 0.2) is 0 Å². The molecular weight excluding hydrogens is 417 g/mol. The van der Waals surface area contributed by atoms with Gasteiger partial charge < -0.3 is 0 Å². The topological polar surface area (TPSA) is 12.9 Å². The minimum atomic E-state index is -0.638. The quantitative estimate of drug-likeness (QED) is 0.217. The van der Waals surface area contributed by atoms with Gasteiger partial charge in [0.1, 0.15) is 0 Å². The van der Waals surface area contributed by atoms with E-state index >= 15 is 0 Å². The second-order valence-electron chi connectivity index (χ2n) is 8.13. The predicted octanol–water partition coefficient (Wildman–Crippen LogP) is 6.81. The molecule has 0 saturated carbocycles. The van der Waals surface area contributed by atoms with Crippen LogP contribution < -0.4 is 15.9 Å². The molecular formula is C31H22NP. The van der Waals surface area contributed by atoms with Crippen LogP contribution >= 0.6 is 7.92 Å². The van der Waals surface area contributed by atoms with Crippen molar-refractivity contribution in [2.24, 2.45) is 0 Å². The van der Waals surface area contributed by atoms with E-state index in [2.05, 4.69) is 127 Å². The van der Waals surface area contributed by atoms with Crippen LogP contribution in [-0.4, -0.2) is 4.98 Å². The molecule has 1 aromatic heterocycles. The summed E-state index contributed by atoms with van der Waals surface area (Å²) in [5, 5.41) is 8.96. The summed E-state index contributed by atoms with van der Waals surface area (Å²) >= 11 is 0. The van der Waals surface area contributed by atoms with E-state index < -0.39 is 7.92 Å². The zero-order chi connectivity index (χ0) is 22.0. The zero-order valence-corrected chi connectivity index (χ0v) is 19.0. The Kier molecular flexibility index (Phi) is 5.19. The number of hydrogen-bond donors (Lipinski definition) is 0. The van der Waals surface area contributed by atoms with Crippen LogP contribution in [0.15, 0.2) is 134 Å². The monoisotopic (exact) mass is 439 g/mol. The third-order valence-electron chi connectivity index (χ3n) is 6.06. The van der Waals surface area contributed by atoms with Gasteiger partial charge in [-0.05, 0) is 52.1 Å². The molecule has 0 radical (unpaired) electrons. The average Bonchev–Trinajstić information content (AvgIpc) is 2.90. The van der Waals surface area contributed by atoms with Crippen molar-refractivity contribution in [1.29, 1.82) is 0 Å². The van der Waals surface area contributed by atoms with Crippen molar-refractivity contribution in [3.8, 4) is 11.3 Å². The van der Waals surface area contributed by atoms with Crippen molar-refractivity contribution in [2.45, 2.75) is 0 Å². The van der Waals surface area contributed by atoms with Gasteiger partial charge in [0.2, 0.25) is 0 Å². The van der Waals surface area contributed by atoms with Crippen LogP contribution in [0.3, 0.4) is 0 Å². The Bertz CT molecular complexity index is 1520. The summed E-state index contributed by atoms with van der Waals surface area (Å²) in [5.41, 5.74) is 2.16. The fraction of sp³-hybridized carbons (Fsp3) is 0. The average molecular weight is 439 g/mol. The lowest BCUT2D eigenvalue weighted by molar-refractivity contribution is 1.36. The number of aromatic nitrogens is 1. The molecule has 0 amide bonds. The van der Waals surface area contributed by atoms with Crippen molar-refractivity contribution in [2.75, 3.05) is 0 Å². The SMILES string of the molecule is c1ccc(P(c2ccccc2)c2cccc(-c3cc4ccc5ccccc5c4cn3)c2)cc1. The molecule has 156 valence electrons. The van der Waals surface area contributed by atoms with Crippen molar-refractivity contribution in [1.82, 2.24) is 4.98 Å². The molecule has 0 N–H and O–H groups in total. The van der Waals surface area contributed by atoms with Crippen molar-refractivity contribution in [3.63, 3.8) is 0 Å². The molecule has 1 nitrogen and oxygen atoms in total. The standard InChI is InChI=1S/C31H22NP/c1-3-12-26(13-4-1)33(27-14-5-2-6-15-27)28-16-9-11-25(20-28)31-21-24-19-18-23-10-7-8-17-29(23)30(24)22-32-31/h1-22H. The number of nitrogens with zero attached hydrogens (tertiary/aromatic N) is 1. The highest BCUT2D eigenvalue weighted by Gasteiger charge is 2.17. The number of benzene rings is 5. The summed E-state index contributed by atoms with van der Waals surface area (Å²) in [5.74, 6) is 0. The second-order valence-corrected chi connectivity index (χ2v) is 10.4. The fourth-order valence-corrected chi connectivity index (χ4v) is 6.80. The molecule has 5 aromatic carbocycles. The lowest BCUT2D eigenvalue weighted by atomic mass is 10.0. The lowest BCUT2D eigenvalue weighted by Gasteiger charge is -2.20. The lowest BCUT2D eigenvalue weighted by Crippen LogP contribution is -2.20. The maximum Gasteiger partial charge on any atom is 0.0708 e. The number of pyridine rings is 1. The van der Waals surface area contributed by atoms with E-state index in [1.54, 1.807) is 0 Å². The maximum atomic E-state index is 4.88. The molecule has 0 fully saturated rings. The zero-order valence-electron chi connectivity index (χ0n) is 18.1. The van der Waals surface area contributed by atoms with Crippen molar-refractivity contribution < 1.29 is 0 Å². The molecule has 0 aliphatic heterocycles. The number of fused-ring (bicyclic) bond motifs is 3. The van der Waals surface area contributed by atoms with Crippen LogP contribution in [0.2, 0.25) is 0 Å². The molecule has 6 rings (SSSR count). The fourth-order valence-electron chi connectivity index (χ4n) is 4.46. The van der Waals surface area contributed by atoms with E-state index in [9.17, 15) is 0 Å². The third kappa shape index (κ3) is 3.82. The molecule has 0 saturated heterocycles. The summed E-state index contributed by atoms with van der Waals surface area (Å²) < 4.78 is 0. The molecule has 0 spiro atoms. The summed E-state index contributed by atoms with van der Waals surface area (Å²) in [6.07, 6.45) is 2.02. The Balaban J connectivity index is 1.47. The Morgan fingerprint density at radius 3 is 1.85 bits per heavy atom. The Morgan fingerprint density at radius 1 is 0.455 bits per heavy atom. The van der Waals surface area contributed by atoms with Gasteiger partial charge in [-0.3, -0.25) is 4.98 Å². The molecule has 0 aliphatic carbocycles. The molecule has 33 heavy (non-hydrogen) atoms. The van der Waals surface area contributed by atoms with E-state index in [4.69, 9.17) is 4.98 Å². The van der Waals surface area contributed by atoms with Crippen LogP contribution in [0.25, 0.3) is 32.8 Å². The van der Waals surface area contributed by atoms with Crippen molar-refractivity contribution in [3.05, 3.63) is 134 Å². The third-order valence-corrected chi connectivity index (χ3v) is 8.48. The van der Waals surface area contributed by atoms with Gasteiger partial charge in [-0.15, -0.1) is 0 Å². The van der Waals surface area contributed by atoms with E-state index in [0.29, 0.717) is 0 Å². The van der Waals surface area contributed by atoms with Gasteiger partial charge in [0.25, 0.3) is 0 Å². The Hall–Kier alpha value is -3.80. The highest BCUT2D eigenvalue weighted by Crippen LogP contribution is 2.34. The predicted molar refractivity (Wildman–Crippen MR) is 143 cm³/mol. The molecule has 0 bridgehead atoms. The molecule has 0 unspecified atom stereocenters. The van der Waals surface area contributed by atoms with E-state index in [1.807, 2.05) is 6.20 Å². The highest BCUT2D eigenvalue weighted by atomic mass is 31.1. The number of rotatable bonds is 4. The van der Waals surface area contributed by atoms with Crippen LogP contribution in [0, 0.1) is 0 Å². The van der Waals surface area contributed by atoms with Crippen LogP contribution in [0.4, 0.5) is 0 Å². The van der Waals surface area contributed by atoms with E-state index in [-0.39, 0.29) is 0 Å². The molecule has 0 aliphatic rings. The Morgan fingerprint density at radius 2 is 1.09 bits per heavy atom. The molecule has 6 aromatic rings. The van der Waals surface area contributed by atoms with Gasteiger partial charge in [0, 0.05) is 17.1 Å². The second kappa shape index (κ2) is 8.62. The minimum absolute atomic E-state index is 0.638. The number of hydrogen-bond acceptors (Lipinski definition) is 1. The first-order valence-corrected chi connectivity index (χ1v) is 12.5. The first-order valence-electron chi connectivity index (χ1n) is 11.1. The van der Waals surface area contributed by atoms with Crippen LogP contribution in [0.1, 0.15) is 0 Å². The van der Waals surface area contributed by atoms with E-state index in [1.165, 1.54) is 37.5 Å². The first-order chi connectivity index (χ1) is 16.4. The van der Waals surface area contributed by atoms with Gasteiger partial charge in [0.05, 0.1) is 5.69 Å². The van der Waals surface area contributed by atoms with Crippen LogP contribution in [-0.2, 0) is 0 Å². The summed E-state index contributed by atoms with van der Waals surface area (Å²) in [4.78, 5) is 4.88. The summed E-state index contributed by atoms with van der Waals surface area (Å²) in [6, 6.07) is 45.7. The smallest absolute Gasteiger partial charge is 0.0708 e. The van der Waals surface area contributed by atoms with Crippen LogP contribution in [0.5, 0.6) is 0 Å². The van der Waals surface area contributed by atoms with Gasteiger partial charge in [-0.2, -0.15) is 0 Å². The first kappa shape index (κ1) is 19.9. The van der Waals surface area contributed by atoms with Gasteiger partial charge >= 0.3 is 0 Å². The van der Waals surface area contributed by atoms with Gasteiger partial charge in [-0.1, -0.05) is 115 Å². The highest BCUT2D eigenvalue weighted by molar-refractivity contribution is 7.79. The molecule has 0 atom stereocenters. The van der Waals surface area contributed by atoms with Crippen molar-refractivity contribution >= 4 is 45.4 Å². The van der Waals surface area contributed by atoms with E-state index in [0.717, 1.165) is 11.3 Å². The summed E-state index contributed by atoms with van der Waals surface area (Å²) in [7, 11) is -0.638.